The summed E-state index contributed by atoms with van der Waals surface area (Å²) in [6, 6.07) is 8.58. The van der Waals surface area contributed by atoms with Crippen molar-refractivity contribution in [2.75, 3.05) is 0 Å². The standard InChI is InChI=1S/C12H15IN2/c1-2-3-4-5-12(15-14)10-6-8-11(13)9-7-10/h6-9,12,15H,4-5,14H2,1H3. The average molecular weight is 314 g/mol. The molecule has 0 radical (unpaired) electrons. The van der Waals surface area contributed by atoms with E-state index in [0.717, 1.165) is 12.8 Å². The first-order valence-electron chi connectivity index (χ1n) is 4.89. The zero-order chi connectivity index (χ0) is 11.1. The van der Waals surface area contributed by atoms with E-state index in [9.17, 15) is 0 Å². The molecule has 0 spiro atoms. The van der Waals surface area contributed by atoms with E-state index < -0.39 is 0 Å². The van der Waals surface area contributed by atoms with Crippen LogP contribution >= 0.6 is 22.6 Å². The fraction of sp³-hybridized carbons (Fsp3) is 0.333. The van der Waals surface area contributed by atoms with Crippen LogP contribution < -0.4 is 11.3 Å². The molecule has 0 bridgehead atoms. The first kappa shape index (κ1) is 12.5. The van der Waals surface area contributed by atoms with Crippen LogP contribution in [-0.2, 0) is 0 Å². The molecule has 3 N–H and O–H groups in total. The fourth-order valence-electron chi connectivity index (χ4n) is 1.38. The molecule has 80 valence electrons. The van der Waals surface area contributed by atoms with Crippen LogP contribution in [0.1, 0.15) is 31.4 Å². The maximum absolute atomic E-state index is 5.53. The molecule has 0 aliphatic rings. The number of nitrogens with two attached hydrogens (primary N) is 1. The van der Waals surface area contributed by atoms with Crippen LogP contribution in [0.15, 0.2) is 24.3 Å². The summed E-state index contributed by atoms with van der Waals surface area (Å²) < 4.78 is 1.24. The van der Waals surface area contributed by atoms with E-state index >= 15 is 0 Å². The van der Waals surface area contributed by atoms with Gasteiger partial charge in [0.25, 0.3) is 0 Å². The number of benzene rings is 1. The highest BCUT2D eigenvalue weighted by atomic mass is 127. The van der Waals surface area contributed by atoms with Crippen molar-refractivity contribution in [2.45, 2.75) is 25.8 Å². The molecular weight excluding hydrogens is 299 g/mol. The molecule has 2 nitrogen and oxygen atoms in total. The van der Waals surface area contributed by atoms with Crippen molar-refractivity contribution in [1.29, 1.82) is 0 Å². The van der Waals surface area contributed by atoms with E-state index in [1.54, 1.807) is 0 Å². The van der Waals surface area contributed by atoms with Crippen LogP contribution in [0.3, 0.4) is 0 Å². The van der Waals surface area contributed by atoms with E-state index in [1.807, 2.05) is 6.92 Å². The first-order chi connectivity index (χ1) is 7.27. The molecule has 0 saturated heterocycles. The molecule has 1 aromatic rings. The Kier molecular flexibility index (Phi) is 5.69. The van der Waals surface area contributed by atoms with Crippen molar-refractivity contribution in [3.05, 3.63) is 33.4 Å². The molecule has 1 aromatic carbocycles. The SMILES string of the molecule is CC#CCCC(NN)c1ccc(I)cc1. The van der Waals surface area contributed by atoms with E-state index in [1.165, 1.54) is 9.13 Å². The predicted octanol–water partition coefficient (Wildman–Crippen LogP) is 2.60. The van der Waals surface area contributed by atoms with Gasteiger partial charge >= 0.3 is 0 Å². The van der Waals surface area contributed by atoms with Crippen LogP contribution in [-0.4, -0.2) is 0 Å². The monoisotopic (exact) mass is 314 g/mol. The summed E-state index contributed by atoms with van der Waals surface area (Å²) in [6.45, 7) is 1.86. The Bertz CT molecular complexity index is 348. The molecule has 0 aliphatic carbocycles. The number of hydrogen-bond donors (Lipinski definition) is 2. The summed E-state index contributed by atoms with van der Waals surface area (Å²) in [6.07, 6.45) is 1.81. The van der Waals surface area contributed by atoms with Crippen LogP contribution in [0.5, 0.6) is 0 Å². The molecule has 1 atom stereocenters. The van der Waals surface area contributed by atoms with E-state index in [4.69, 9.17) is 5.84 Å². The van der Waals surface area contributed by atoms with Gasteiger partial charge in [0.15, 0.2) is 0 Å². The first-order valence-corrected chi connectivity index (χ1v) is 5.97. The normalized spacial score (nSPS) is 11.7. The van der Waals surface area contributed by atoms with Crippen molar-refractivity contribution >= 4 is 22.6 Å². The molecule has 0 fully saturated rings. The molecule has 0 saturated carbocycles. The number of hydrazine groups is 1. The van der Waals surface area contributed by atoms with Crippen LogP contribution in [0.25, 0.3) is 0 Å². The maximum Gasteiger partial charge on any atom is 0.0469 e. The lowest BCUT2D eigenvalue weighted by molar-refractivity contribution is 0.524. The van der Waals surface area contributed by atoms with E-state index in [0.29, 0.717) is 0 Å². The molecular formula is C12H15IN2. The highest BCUT2D eigenvalue weighted by Crippen LogP contribution is 2.18. The minimum Gasteiger partial charge on any atom is -0.271 e. The van der Waals surface area contributed by atoms with Gasteiger partial charge in [-0.25, -0.2) is 0 Å². The minimum absolute atomic E-state index is 0.197. The van der Waals surface area contributed by atoms with Gasteiger partial charge in [-0.15, -0.1) is 11.8 Å². The highest BCUT2D eigenvalue weighted by Gasteiger charge is 2.07. The van der Waals surface area contributed by atoms with Gasteiger partial charge in [0.2, 0.25) is 0 Å². The predicted molar refractivity (Wildman–Crippen MR) is 71.9 cm³/mol. The quantitative estimate of drug-likeness (QED) is 0.388. The van der Waals surface area contributed by atoms with Gasteiger partial charge in [-0.3, -0.25) is 11.3 Å². The second kappa shape index (κ2) is 6.83. The Labute approximate surface area is 105 Å². The summed E-state index contributed by atoms with van der Waals surface area (Å²) in [5.41, 5.74) is 4.04. The van der Waals surface area contributed by atoms with Gasteiger partial charge < -0.3 is 0 Å². The number of halogens is 1. The van der Waals surface area contributed by atoms with Gasteiger partial charge in [-0.1, -0.05) is 12.1 Å². The molecule has 1 rings (SSSR count). The number of rotatable bonds is 4. The summed E-state index contributed by atoms with van der Waals surface area (Å²) >= 11 is 2.29. The summed E-state index contributed by atoms with van der Waals surface area (Å²) in [7, 11) is 0. The van der Waals surface area contributed by atoms with Crippen molar-refractivity contribution in [3.8, 4) is 11.8 Å². The third kappa shape index (κ3) is 4.20. The highest BCUT2D eigenvalue weighted by molar-refractivity contribution is 14.1. The smallest absolute Gasteiger partial charge is 0.0469 e. The number of nitrogens with one attached hydrogen (secondary N) is 1. The van der Waals surface area contributed by atoms with Gasteiger partial charge in [0, 0.05) is 16.0 Å². The molecule has 0 aromatic heterocycles. The van der Waals surface area contributed by atoms with Crippen LogP contribution in [0, 0.1) is 15.4 Å². The lowest BCUT2D eigenvalue weighted by Crippen LogP contribution is -2.27. The topological polar surface area (TPSA) is 38.0 Å². The van der Waals surface area contributed by atoms with Crippen molar-refractivity contribution < 1.29 is 0 Å². The summed E-state index contributed by atoms with van der Waals surface area (Å²) in [4.78, 5) is 0. The lowest BCUT2D eigenvalue weighted by Gasteiger charge is -2.14. The second-order valence-corrected chi connectivity index (χ2v) is 4.48. The van der Waals surface area contributed by atoms with Gasteiger partial charge in [0.05, 0.1) is 0 Å². The van der Waals surface area contributed by atoms with Crippen molar-refractivity contribution in [1.82, 2.24) is 5.43 Å². The summed E-state index contributed by atoms with van der Waals surface area (Å²) in [5.74, 6) is 11.5. The maximum atomic E-state index is 5.53. The Hall–Kier alpha value is -0.570. The average Bonchev–Trinajstić information content (AvgIpc) is 2.26. The fourth-order valence-corrected chi connectivity index (χ4v) is 1.74. The molecule has 15 heavy (non-hydrogen) atoms. The zero-order valence-corrected chi connectivity index (χ0v) is 10.9. The lowest BCUT2D eigenvalue weighted by atomic mass is 10.0. The Morgan fingerprint density at radius 1 is 1.40 bits per heavy atom. The van der Waals surface area contributed by atoms with Gasteiger partial charge in [-0.05, 0) is 53.6 Å². The zero-order valence-electron chi connectivity index (χ0n) is 8.76. The van der Waals surface area contributed by atoms with E-state index in [-0.39, 0.29) is 6.04 Å². The Morgan fingerprint density at radius 3 is 2.60 bits per heavy atom. The molecule has 0 aliphatic heterocycles. The van der Waals surface area contributed by atoms with Gasteiger partial charge in [-0.2, -0.15) is 0 Å². The summed E-state index contributed by atoms with van der Waals surface area (Å²) in [5, 5.41) is 0. The van der Waals surface area contributed by atoms with Crippen molar-refractivity contribution in [3.63, 3.8) is 0 Å². The Morgan fingerprint density at radius 2 is 2.07 bits per heavy atom. The molecule has 0 heterocycles. The van der Waals surface area contributed by atoms with E-state index in [2.05, 4.69) is 64.1 Å². The molecule has 0 amide bonds. The minimum atomic E-state index is 0.197. The van der Waals surface area contributed by atoms with Crippen molar-refractivity contribution in [2.24, 2.45) is 5.84 Å². The molecule has 3 heteroatoms. The van der Waals surface area contributed by atoms with Crippen LogP contribution in [0.2, 0.25) is 0 Å². The molecule has 1 unspecified atom stereocenters. The van der Waals surface area contributed by atoms with Gasteiger partial charge in [0.1, 0.15) is 0 Å². The third-order valence-corrected chi connectivity index (χ3v) is 2.93. The van der Waals surface area contributed by atoms with Crippen LogP contribution in [0.4, 0.5) is 0 Å². The second-order valence-electron chi connectivity index (χ2n) is 3.24. The third-order valence-electron chi connectivity index (χ3n) is 2.21. The largest absolute Gasteiger partial charge is 0.271 e. The number of hydrogen-bond acceptors (Lipinski definition) is 2. The Balaban J connectivity index is 2.64.